The number of carbonyl (C=O) groups excluding carboxylic acids is 1. The first kappa shape index (κ1) is 14.9. The van der Waals surface area contributed by atoms with Crippen LogP contribution in [0.3, 0.4) is 0 Å². The van der Waals surface area contributed by atoms with E-state index in [9.17, 15) is 9.59 Å². The SMILES string of the molecule is O=C(Cn1cc(Br)ccc1=O)NCCCCCO. The average Bonchev–Trinajstić information content (AvgIpc) is 2.33. The second kappa shape index (κ2) is 8.05. The number of aliphatic hydroxyl groups excluding tert-OH is 1. The van der Waals surface area contributed by atoms with Crippen LogP contribution in [0.1, 0.15) is 19.3 Å². The van der Waals surface area contributed by atoms with E-state index in [1.54, 1.807) is 12.3 Å². The first-order valence-electron chi connectivity index (χ1n) is 5.87. The molecule has 1 amide bonds. The van der Waals surface area contributed by atoms with Gasteiger partial charge in [-0.2, -0.15) is 0 Å². The van der Waals surface area contributed by atoms with E-state index in [1.165, 1.54) is 10.6 Å². The number of nitrogens with one attached hydrogen (secondary N) is 1. The molecule has 0 saturated heterocycles. The van der Waals surface area contributed by atoms with Gasteiger partial charge in [-0.25, -0.2) is 0 Å². The van der Waals surface area contributed by atoms with E-state index in [2.05, 4.69) is 21.2 Å². The predicted octanol–water partition coefficient (Wildman–Crippen LogP) is 0.890. The van der Waals surface area contributed by atoms with Crippen LogP contribution in [0, 0.1) is 0 Å². The molecule has 0 aliphatic heterocycles. The highest BCUT2D eigenvalue weighted by Crippen LogP contribution is 2.04. The lowest BCUT2D eigenvalue weighted by molar-refractivity contribution is -0.121. The molecule has 1 rings (SSSR count). The van der Waals surface area contributed by atoms with Gasteiger partial charge >= 0.3 is 0 Å². The molecule has 0 radical (unpaired) electrons. The molecule has 1 aromatic rings. The van der Waals surface area contributed by atoms with Gasteiger partial charge in [0.2, 0.25) is 5.91 Å². The second-order valence-corrected chi connectivity index (χ2v) is 4.86. The number of aliphatic hydroxyl groups is 1. The van der Waals surface area contributed by atoms with E-state index in [-0.39, 0.29) is 24.6 Å². The Kier molecular flexibility index (Phi) is 6.67. The van der Waals surface area contributed by atoms with Crippen molar-refractivity contribution in [2.45, 2.75) is 25.8 Å². The second-order valence-electron chi connectivity index (χ2n) is 3.95. The fraction of sp³-hybridized carbons (Fsp3) is 0.500. The number of amides is 1. The molecule has 0 bridgehead atoms. The van der Waals surface area contributed by atoms with Crippen LogP contribution in [-0.4, -0.2) is 28.7 Å². The van der Waals surface area contributed by atoms with Crippen molar-refractivity contribution in [1.29, 1.82) is 0 Å². The molecule has 5 nitrogen and oxygen atoms in total. The van der Waals surface area contributed by atoms with Crippen LogP contribution in [0.25, 0.3) is 0 Å². The average molecular weight is 317 g/mol. The smallest absolute Gasteiger partial charge is 0.251 e. The quantitative estimate of drug-likeness (QED) is 0.734. The van der Waals surface area contributed by atoms with Gasteiger partial charge in [0.1, 0.15) is 6.54 Å². The summed E-state index contributed by atoms with van der Waals surface area (Å²) in [6.45, 7) is 0.779. The molecule has 0 atom stereocenters. The maximum Gasteiger partial charge on any atom is 0.251 e. The lowest BCUT2D eigenvalue weighted by Gasteiger charge is -2.07. The first-order valence-corrected chi connectivity index (χ1v) is 6.66. The molecule has 0 saturated carbocycles. The molecule has 100 valence electrons. The summed E-state index contributed by atoms with van der Waals surface area (Å²) in [4.78, 5) is 23.0. The Labute approximate surface area is 114 Å². The zero-order valence-corrected chi connectivity index (χ0v) is 11.6. The van der Waals surface area contributed by atoms with Crippen molar-refractivity contribution >= 4 is 21.8 Å². The Bertz CT molecular complexity index is 445. The van der Waals surface area contributed by atoms with Crippen molar-refractivity contribution in [3.8, 4) is 0 Å². The van der Waals surface area contributed by atoms with Gasteiger partial charge in [-0.3, -0.25) is 9.59 Å². The van der Waals surface area contributed by atoms with Crippen molar-refractivity contribution in [2.75, 3.05) is 13.2 Å². The minimum absolute atomic E-state index is 0.0261. The summed E-state index contributed by atoms with van der Waals surface area (Å²) < 4.78 is 2.12. The Morgan fingerprint density at radius 1 is 1.33 bits per heavy atom. The minimum atomic E-state index is -0.200. The van der Waals surface area contributed by atoms with E-state index in [0.29, 0.717) is 6.54 Å². The standard InChI is InChI=1S/C12H17BrN2O3/c13-10-4-5-12(18)15(8-10)9-11(17)14-6-2-1-3-7-16/h4-5,8,16H,1-3,6-7,9H2,(H,14,17). The molecule has 6 heteroatoms. The lowest BCUT2D eigenvalue weighted by Crippen LogP contribution is -2.32. The first-order chi connectivity index (χ1) is 8.63. The van der Waals surface area contributed by atoms with Gasteiger partial charge in [-0.05, 0) is 41.3 Å². The van der Waals surface area contributed by atoms with Crippen LogP contribution < -0.4 is 10.9 Å². The largest absolute Gasteiger partial charge is 0.396 e. The van der Waals surface area contributed by atoms with Gasteiger partial charge in [-0.1, -0.05) is 0 Å². The number of rotatable bonds is 7. The minimum Gasteiger partial charge on any atom is -0.396 e. The van der Waals surface area contributed by atoms with Crippen LogP contribution in [0.5, 0.6) is 0 Å². The Morgan fingerprint density at radius 3 is 2.83 bits per heavy atom. The summed E-state index contributed by atoms with van der Waals surface area (Å²) in [6, 6.07) is 3.06. The number of pyridine rings is 1. The van der Waals surface area contributed by atoms with E-state index < -0.39 is 0 Å². The number of unbranched alkanes of at least 4 members (excludes halogenated alkanes) is 2. The van der Waals surface area contributed by atoms with Gasteiger partial charge in [0.05, 0.1) is 0 Å². The summed E-state index contributed by atoms with van der Waals surface area (Å²) in [5.41, 5.74) is -0.200. The molecule has 0 aliphatic carbocycles. The highest BCUT2D eigenvalue weighted by molar-refractivity contribution is 9.10. The third kappa shape index (κ3) is 5.46. The maximum atomic E-state index is 11.6. The van der Waals surface area contributed by atoms with Crippen molar-refractivity contribution in [2.24, 2.45) is 0 Å². The number of hydrogen-bond donors (Lipinski definition) is 2. The number of halogens is 1. The molecule has 0 aromatic carbocycles. The number of hydrogen-bond acceptors (Lipinski definition) is 3. The van der Waals surface area contributed by atoms with E-state index in [0.717, 1.165) is 23.7 Å². The maximum absolute atomic E-state index is 11.6. The van der Waals surface area contributed by atoms with Gasteiger partial charge in [-0.15, -0.1) is 0 Å². The third-order valence-corrected chi connectivity index (χ3v) is 2.89. The molecule has 1 heterocycles. The Morgan fingerprint density at radius 2 is 2.11 bits per heavy atom. The Balaban J connectivity index is 2.35. The summed E-state index contributed by atoms with van der Waals surface area (Å²) in [5.74, 6) is -0.181. The van der Waals surface area contributed by atoms with Crippen molar-refractivity contribution in [1.82, 2.24) is 9.88 Å². The highest BCUT2D eigenvalue weighted by Gasteiger charge is 2.04. The molecule has 0 spiro atoms. The lowest BCUT2D eigenvalue weighted by atomic mass is 10.2. The fourth-order valence-corrected chi connectivity index (χ4v) is 1.86. The van der Waals surface area contributed by atoms with Crippen molar-refractivity contribution < 1.29 is 9.90 Å². The van der Waals surface area contributed by atoms with E-state index >= 15 is 0 Å². The van der Waals surface area contributed by atoms with Crippen LogP contribution in [-0.2, 0) is 11.3 Å². The van der Waals surface area contributed by atoms with Gasteiger partial charge in [0, 0.05) is 29.9 Å². The molecule has 2 N–H and O–H groups in total. The summed E-state index contributed by atoms with van der Waals surface area (Å²) >= 11 is 3.25. The summed E-state index contributed by atoms with van der Waals surface area (Å²) in [7, 11) is 0. The molecule has 0 fully saturated rings. The monoisotopic (exact) mass is 316 g/mol. The zero-order chi connectivity index (χ0) is 13.4. The fourth-order valence-electron chi connectivity index (χ4n) is 1.48. The normalized spacial score (nSPS) is 10.3. The topological polar surface area (TPSA) is 71.3 Å². The Hall–Kier alpha value is -1.14. The molecule has 0 aliphatic rings. The highest BCUT2D eigenvalue weighted by atomic mass is 79.9. The van der Waals surface area contributed by atoms with Crippen LogP contribution >= 0.6 is 15.9 Å². The molecule has 18 heavy (non-hydrogen) atoms. The van der Waals surface area contributed by atoms with Gasteiger partial charge in [0.25, 0.3) is 5.56 Å². The summed E-state index contributed by atoms with van der Waals surface area (Å²) in [5, 5.41) is 11.3. The summed E-state index contributed by atoms with van der Waals surface area (Å²) in [6.07, 6.45) is 4.06. The van der Waals surface area contributed by atoms with Crippen molar-refractivity contribution in [3.63, 3.8) is 0 Å². The zero-order valence-electron chi connectivity index (χ0n) is 10.1. The molecular formula is C12H17BrN2O3. The van der Waals surface area contributed by atoms with Crippen LogP contribution in [0.2, 0.25) is 0 Å². The number of carbonyl (C=O) groups is 1. The van der Waals surface area contributed by atoms with Gasteiger partial charge in [0.15, 0.2) is 0 Å². The number of aromatic nitrogens is 1. The predicted molar refractivity (Wildman–Crippen MR) is 72.3 cm³/mol. The van der Waals surface area contributed by atoms with Gasteiger partial charge < -0.3 is 15.0 Å². The molecule has 1 aromatic heterocycles. The van der Waals surface area contributed by atoms with E-state index in [1.807, 2.05) is 0 Å². The third-order valence-electron chi connectivity index (χ3n) is 2.42. The van der Waals surface area contributed by atoms with E-state index in [4.69, 9.17) is 5.11 Å². The van der Waals surface area contributed by atoms with Crippen molar-refractivity contribution in [3.05, 3.63) is 33.2 Å². The van der Waals surface area contributed by atoms with Crippen LogP contribution in [0.4, 0.5) is 0 Å². The molecular weight excluding hydrogens is 300 g/mol. The number of nitrogens with zero attached hydrogens (tertiary/aromatic N) is 1. The molecule has 0 unspecified atom stereocenters. The van der Waals surface area contributed by atoms with Crippen LogP contribution in [0.15, 0.2) is 27.6 Å².